The highest BCUT2D eigenvalue weighted by Crippen LogP contribution is 2.72. The summed E-state index contributed by atoms with van der Waals surface area (Å²) in [6.45, 7) is 22.2. The lowest BCUT2D eigenvalue weighted by Gasteiger charge is -2.62. The Kier molecular flexibility index (Phi) is 7.75. The molecule has 0 aromatic heterocycles. The number of fused-ring (bicyclic) bond motifs is 4. The molecule has 0 aromatic carbocycles. The maximum absolute atomic E-state index is 10.9. The van der Waals surface area contributed by atoms with Gasteiger partial charge in [0.2, 0.25) is 0 Å². The minimum absolute atomic E-state index is 0.0331. The SMILES string of the molecule is C[C@H](CCCN1CCN(CCO)CC1)[C@H]1CC[C@@]2(C)C3=C(CC[C@]12C)[C@@]1(C)CC[C@H](O)C(C)(C)[C@@H]1CC3. The molecule has 0 amide bonds. The Labute approximate surface area is 228 Å². The summed E-state index contributed by atoms with van der Waals surface area (Å²) in [6.07, 6.45) is 12.7. The Hall–Kier alpha value is -0.420. The van der Waals surface area contributed by atoms with Gasteiger partial charge in [0.05, 0.1) is 12.7 Å². The van der Waals surface area contributed by atoms with Gasteiger partial charge in [-0.15, -0.1) is 0 Å². The van der Waals surface area contributed by atoms with Gasteiger partial charge in [-0.3, -0.25) is 4.90 Å². The molecule has 0 unspecified atom stereocenters. The van der Waals surface area contributed by atoms with Gasteiger partial charge in [0.1, 0.15) is 0 Å². The first kappa shape index (κ1) is 28.1. The Balaban J connectivity index is 1.25. The van der Waals surface area contributed by atoms with E-state index >= 15 is 0 Å². The highest BCUT2D eigenvalue weighted by Gasteiger charge is 2.63. The average molecular weight is 515 g/mol. The third-order valence-electron chi connectivity index (χ3n) is 13.5. The van der Waals surface area contributed by atoms with Crippen LogP contribution >= 0.6 is 0 Å². The van der Waals surface area contributed by atoms with E-state index in [1.807, 2.05) is 11.1 Å². The molecule has 212 valence electrons. The van der Waals surface area contributed by atoms with Gasteiger partial charge in [-0.25, -0.2) is 0 Å². The summed E-state index contributed by atoms with van der Waals surface area (Å²) in [5.74, 6) is 2.28. The third-order valence-corrected chi connectivity index (χ3v) is 13.5. The van der Waals surface area contributed by atoms with E-state index in [9.17, 15) is 10.2 Å². The molecule has 0 bridgehead atoms. The van der Waals surface area contributed by atoms with Gasteiger partial charge in [0.15, 0.2) is 0 Å². The van der Waals surface area contributed by atoms with E-state index in [4.69, 9.17) is 0 Å². The first-order valence-electron chi connectivity index (χ1n) is 15.9. The molecule has 2 N–H and O–H groups in total. The second-order valence-electron chi connectivity index (χ2n) is 15.3. The molecule has 1 aliphatic heterocycles. The lowest BCUT2D eigenvalue weighted by Crippen LogP contribution is -2.55. The van der Waals surface area contributed by atoms with E-state index in [0.717, 1.165) is 51.0 Å². The Morgan fingerprint density at radius 3 is 2.19 bits per heavy atom. The Bertz CT molecular complexity index is 860. The van der Waals surface area contributed by atoms with Crippen LogP contribution in [-0.4, -0.2) is 72.0 Å². The third kappa shape index (κ3) is 4.49. The second-order valence-corrected chi connectivity index (χ2v) is 15.3. The summed E-state index contributed by atoms with van der Waals surface area (Å²) in [4.78, 5) is 5.05. The molecule has 5 rings (SSSR count). The van der Waals surface area contributed by atoms with Crippen LogP contribution < -0.4 is 0 Å². The Morgan fingerprint density at radius 1 is 0.838 bits per heavy atom. The van der Waals surface area contributed by atoms with E-state index < -0.39 is 0 Å². The van der Waals surface area contributed by atoms with Crippen molar-refractivity contribution in [3.05, 3.63) is 11.1 Å². The number of β-amino-alcohol motifs (C(OH)–C–C–N with tert-alkyl or cyclic N) is 1. The summed E-state index contributed by atoms with van der Waals surface area (Å²) in [6, 6.07) is 0. The number of nitrogens with zero attached hydrogens (tertiary/aromatic N) is 2. The van der Waals surface area contributed by atoms with Crippen LogP contribution in [0, 0.1) is 39.4 Å². The molecule has 0 spiro atoms. The molecule has 5 aliphatic rings. The van der Waals surface area contributed by atoms with Crippen LogP contribution in [0.2, 0.25) is 0 Å². The van der Waals surface area contributed by atoms with Gasteiger partial charge in [-0.2, -0.15) is 0 Å². The van der Waals surface area contributed by atoms with Gasteiger partial charge >= 0.3 is 0 Å². The topological polar surface area (TPSA) is 46.9 Å². The maximum atomic E-state index is 10.9. The highest BCUT2D eigenvalue weighted by atomic mass is 16.3. The summed E-state index contributed by atoms with van der Waals surface area (Å²) >= 11 is 0. The molecule has 7 atom stereocenters. The number of allylic oxidation sites excluding steroid dienone is 2. The van der Waals surface area contributed by atoms with E-state index in [-0.39, 0.29) is 18.1 Å². The molecular formula is C33H58N2O2. The molecule has 2 saturated carbocycles. The molecule has 1 heterocycles. The second kappa shape index (κ2) is 10.2. The molecular weight excluding hydrogens is 456 g/mol. The van der Waals surface area contributed by atoms with Crippen molar-refractivity contribution >= 4 is 0 Å². The maximum Gasteiger partial charge on any atom is 0.0594 e. The monoisotopic (exact) mass is 514 g/mol. The number of hydrogen-bond donors (Lipinski definition) is 2. The average Bonchev–Trinajstić information content (AvgIpc) is 3.14. The van der Waals surface area contributed by atoms with E-state index in [0.29, 0.717) is 22.2 Å². The largest absolute Gasteiger partial charge is 0.395 e. The van der Waals surface area contributed by atoms with E-state index in [1.54, 1.807) is 0 Å². The smallest absolute Gasteiger partial charge is 0.0594 e. The van der Waals surface area contributed by atoms with Gasteiger partial charge in [0.25, 0.3) is 0 Å². The molecule has 4 heteroatoms. The van der Waals surface area contributed by atoms with Crippen LogP contribution in [0.25, 0.3) is 0 Å². The van der Waals surface area contributed by atoms with Crippen molar-refractivity contribution in [3.63, 3.8) is 0 Å². The number of rotatable bonds is 7. The van der Waals surface area contributed by atoms with Crippen LogP contribution in [0.15, 0.2) is 11.1 Å². The number of piperazine rings is 1. The van der Waals surface area contributed by atoms with Gasteiger partial charge in [0, 0.05) is 32.7 Å². The van der Waals surface area contributed by atoms with Gasteiger partial charge in [-0.05, 0) is 110 Å². The van der Waals surface area contributed by atoms with Crippen LogP contribution in [-0.2, 0) is 0 Å². The number of aliphatic hydroxyl groups is 2. The summed E-state index contributed by atoms with van der Waals surface area (Å²) in [5.41, 5.74) is 4.86. The van der Waals surface area contributed by atoms with Crippen LogP contribution in [0.1, 0.15) is 106 Å². The fourth-order valence-electron chi connectivity index (χ4n) is 10.8. The van der Waals surface area contributed by atoms with Crippen LogP contribution in [0.5, 0.6) is 0 Å². The minimum Gasteiger partial charge on any atom is -0.395 e. The van der Waals surface area contributed by atoms with Gasteiger partial charge < -0.3 is 15.1 Å². The van der Waals surface area contributed by atoms with Crippen molar-refractivity contribution in [2.45, 2.75) is 112 Å². The van der Waals surface area contributed by atoms with Crippen molar-refractivity contribution in [1.82, 2.24) is 9.80 Å². The van der Waals surface area contributed by atoms with E-state index in [1.165, 1.54) is 64.3 Å². The molecule has 0 aromatic rings. The van der Waals surface area contributed by atoms with Crippen molar-refractivity contribution < 1.29 is 10.2 Å². The van der Waals surface area contributed by atoms with Crippen LogP contribution in [0.4, 0.5) is 0 Å². The first-order chi connectivity index (χ1) is 17.5. The van der Waals surface area contributed by atoms with Gasteiger partial charge in [-0.1, -0.05) is 52.7 Å². The summed E-state index contributed by atoms with van der Waals surface area (Å²) in [7, 11) is 0. The van der Waals surface area contributed by atoms with Crippen molar-refractivity contribution in [2.75, 3.05) is 45.9 Å². The fraction of sp³-hybridized carbons (Fsp3) is 0.939. The molecule has 0 radical (unpaired) electrons. The Morgan fingerprint density at radius 2 is 1.51 bits per heavy atom. The molecule has 1 saturated heterocycles. The predicted octanol–water partition coefficient (Wildman–Crippen LogP) is 6.12. The first-order valence-corrected chi connectivity index (χ1v) is 15.9. The zero-order valence-electron chi connectivity index (χ0n) is 25.1. The normalized spacial score (nSPS) is 43.3. The van der Waals surface area contributed by atoms with Crippen molar-refractivity contribution in [3.8, 4) is 0 Å². The molecule has 37 heavy (non-hydrogen) atoms. The zero-order chi connectivity index (χ0) is 26.6. The summed E-state index contributed by atoms with van der Waals surface area (Å²) < 4.78 is 0. The van der Waals surface area contributed by atoms with Crippen LogP contribution in [0.3, 0.4) is 0 Å². The van der Waals surface area contributed by atoms with Crippen molar-refractivity contribution in [2.24, 2.45) is 39.4 Å². The fourth-order valence-corrected chi connectivity index (χ4v) is 10.8. The lowest BCUT2D eigenvalue weighted by atomic mass is 9.43. The standard InChI is InChI=1S/C33H58N2O2/c1-24(8-7-17-34-18-20-35(21-19-34)22-23-36)25-11-15-33(6)27-9-10-28-30(2,3)29(37)13-14-31(28,4)26(27)12-16-32(25,33)5/h24-25,28-29,36-37H,7-23H2,1-6H3/t24-,25-,28+,29+,31-,32-,33+/m1/s1. The number of aliphatic hydroxyl groups excluding tert-OH is 2. The van der Waals surface area contributed by atoms with Crippen molar-refractivity contribution in [1.29, 1.82) is 0 Å². The zero-order valence-corrected chi connectivity index (χ0v) is 25.1. The quantitative estimate of drug-likeness (QED) is 0.402. The minimum atomic E-state index is -0.140. The molecule has 4 nitrogen and oxygen atoms in total. The molecule has 3 fully saturated rings. The lowest BCUT2D eigenvalue weighted by molar-refractivity contribution is -0.0962. The number of hydrogen-bond acceptors (Lipinski definition) is 4. The highest BCUT2D eigenvalue weighted by molar-refractivity contribution is 5.38. The molecule has 4 aliphatic carbocycles. The van der Waals surface area contributed by atoms with E-state index in [2.05, 4.69) is 51.3 Å². The summed E-state index contributed by atoms with van der Waals surface area (Å²) in [5, 5.41) is 20.1. The predicted molar refractivity (Wildman–Crippen MR) is 153 cm³/mol.